The fraction of sp³-hybridized carbons (Fsp3) is 0.143. The van der Waals surface area contributed by atoms with Crippen molar-refractivity contribution >= 4 is 22.6 Å². The molecule has 1 aliphatic carbocycles. The van der Waals surface area contributed by atoms with E-state index in [1.54, 1.807) is 0 Å². The molecule has 0 saturated carbocycles. The topological polar surface area (TPSA) is 30.0 Å². The lowest BCUT2D eigenvalue weighted by Crippen LogP contribution is -2.09. The van der Waals surface area contributed by atoms with Gasteiger partial charge >= 0.3 is 0 Å². The number of benzene rings is 1. The van der Waals surface area contributed by atoms with E-state index in [1.807, 2.05) is 43.5 Å². The van der Waals surface area contributed by atoms with Crippen molar-refractivity contribution in [1.82, 2.24) is 4.98 Å². The highest BCUT2D eigenvalue weighted by atomic mass is 16.1. The van der Waals surface area contributed by atoms with Gasteiger partial charge in [0.1, 0.15) is 0 Å². The molecule has 1 aliphatic rings. The molecule has 0 saturated heterocycles. The first-order valence-electron chi connectivity index (χ1n) is 5.34. The Labute approximate surface area is 93.6 Å². The van der Waals surface area contributed by atoms with Gasteiger partial charge in [0.25, 0.3) is 0 Å². The number of Topliss-reactive ketones (excluding diaryl/α,β-unsaturated/α-hetero) is 1. The first kappa shape index (κ1) is 9.28. The predicted octanol–water partition coefficient (Wildman–Crippen LogP) is 3.22. The summed E-state index contributed by atoms with van der Waals surface area (Å²) in [5.74, 6) is 0.180. The maximum Gasteiger partial charge on any atom is 0.169 e. The molecule has 2 heteroatoms. The Balaban J connectivity index is 2.43. The smallest absolute Gasteiger partial charge is 0.169 e. The van der Waals surface area contributed by atoms with Crippen LogP contribution in [-0.2, 0) is 0 Å². The van der Waals surface area contributed by atoms with E-state index in [9.17, 15) is 4.79 Å². The number of allylic oxidation sites excluding steroid dienone is 1. The number of pyridine rings is 1. The van der Waals surface area contributed by atoms with Gasteiger partial charge in [-0.05, 0) is 18.4 Å². The average molecular weight is 209 g/mol. The Morgan fingerprint density at radius 1 is 1.25 bits per heavy atom. The standard InChI is InChI=1S/C14H11NO/c1-9-6-12-14(13(16)7-9)11-5-3-2-4-10(11)8-15-12/h2-6,8H,7H2,1H3. The molecule has 0 radical (unpaired) electrons. The fourth-order valence-corrected chi connectivity index (χ4v) is 2.21. The van der Waals surface area contributed by atoms with Gasteiger partial charge in [-0.25, -0.2) is 0 Å². The summed E-state index contributed by atoms with van der Waals surface area (Å²) in [6.07, 6.45) is 4.35. The molecule has 0 amide bonds. The SMILES string of the molecule is CC1=Cc2ncc3ccccc3c2C(=O)C1. The molecule has 0 atom stereocenters. The summed E-state index contributed by atoms with van der Waals surface area (Å²) in [6.45, 7) is 1.97. The summed E-state index contributed by atoms with van der Waals surface area (Å²) in [5, 5.41) is 2.05. The number of fused-ring (bicyclic) bond motifs is 3. The van der Waals surface area contributed by atoms with Gasteiger partial charge in [-0.1, -0.05) is 29.8 Å². The van der Waals surface area contributed by atoms with E-state index in [1.165, 1.54) is 0 Å². The zero-order valence-corrected chi connectivity index (χ0v) is 9.03. The number of carbonyl (C=O) groups is 1. The Bertz CT molecular complexity index is 626. The van der Waals surface area contributed by atoms with E-state index < -0.39 is 0 Å². The monoisotopic (exact) mass is 209 g/mol. The molecule has 0 spiro atoms. The highest BCUT2D eigenvalue weighted by molar-refractivity contribution is 6.12. The number of carbonyl (C=O) groups excluding carboxylic acids is 1. The summed E-state index contributed by atoms with van der Waals surface area (Å²) in [4.78, 5) is 16.4. The average Bonchev–Trinajstić information content (AvgIpc) is 2.28. The molecular weight excluding hydrogens is 198 g/mol. The minimum atomic E-state index is 0.180. The van der Waals surface area contributed by atoms with Crippen molar-refractivity contribution in [3.63, 3.8) is 0 Å². The van der Waals surface area contributed by atoms with E-state index in [0.717, 1.165) is 27.6 Å². The lowest BCUT2D eigenvalue weighted by atomic mass is 9.92. The molecule has 0 fully saturated rings. The van der Waals surface area contributed by atoms with Crippen LogP contribution in [0.3, 0.4) is 0 Å². The molecule has 16 heavy (non-hydrogen) atoms. The van der Waals surface area contributed by atoms with Crippen LogP contribution in [0.15, 0.2) is 36.0 Å². The number of aromatic nitrogens is 1. The minimum Gasteiger partial charge on any atom is -0.294 e. The van der Waals surface area contributed by atoms with Crippen molar-refractivity contribution in [3.05, 3.63) is 47.3 Å². The maximum atomic E-state index is 12.0. The van der Waals surface area contributed by atoms with Crippen LogP contribution in [0.5, 0.6) is 0 Å². The lowest BCUT2D eigenvalue weighted by molar-refractivity contribution is 0.0993. The second-order valence-electron chi connectivity index (χ2n) is 4.20. The first-order chi connectivity index (χ1) is 7.75. The van der Waals surface area contributed by atoms with Crippen LogP contribution in [0.2, 0.25) is 0 Å². The van der Waals surface area contributed by atoms with Crippen molar-refractivity contribution < 1.29 is 4.79 Å². The Kier molecular flexibility index (Phi) is 1.90. The number of ketones is 1. The van der Waals surface area contributed by atoms with Gasteiger partial charge in [0.05, 0.1) is 11.3 Å². The molecule has 3 rings (SSSR count). The van der Waals surface area contributed by atoms with Crippen LogP contribution in [-0.4, -0.2) is 10.8 Å². The molecular formula is C14H11NO. The summed E-state index contributed by atoms with van der Waals surface area (Å²) in [5.41, 5.74) is 2.68. The van der Waals surface area contributed by atoms with Gasteiger partial charge in [-0.3, -0.25) is 9.78 Å². The van der Waals surface area contributed by atoms with Crippen LogP contribution in [0.4, 0.5) is 0 Å². The molecule has 0 N–H and O–H groups in total. The van der Waals surface area contributed by atoms with E-state index in [4.69, 9.17) is 0 Å². The quantitative estimate of drug-likeness (QED) is 0.666. The van der Waals surface area contributed by atoms with Gasteiger partial charge in [-0.15, -0.1) is 0 Å². The second kappa shape index (κ2) is 3.27. The molecule has 1 aromatic heterocycles. The van der Waals surface area contributed by atoms with Gasteiger partial charge in [0, 0.05) is 18.0 Å². The van der Waals surface area contributed by atoms with Crippen LogP contribution in [0, 0.1) is 0 Å². The third kappa shape index (κ3) is 1.27. The van der Waals surface area contributed by atoms with Crippen molar-refractivity contribution in [2.75, 3.05) is 0 Å². The summed E-state index contributed by atoms with van der Waals surface area (Å²) < 4.78 is 0. The van der Waals surface area contributed by atoms with E-state index in [2.05, 4.69) is 4.98 Å². The molecule has 2 aromatic rings. The predicted molar refractivity (Wildman–Crippen MR) is 64.3 cm³/mol. The Morgan fingerprint density at radius 3 is 2.94 bits per heavy atom. The summed E-state index contributed by atoms with van der Waals surface area (Å²) >= 11 is 0. The fourth-order valence-electron chi connectivity index (χ4n) is 2.21. The molecule has 0 aliphatic heterocycles. The Morgan fingerprint density at radius 2 is 2.06 bits per heavy atom. The zero-order chi connectivity index (χ0) is 11.1. The van der Waals surface area contributed by atoms with Crippen LogP contribution < -0.4 is 0 Å². The highest BCUT2D eigenvalue weighted by Gasteiger charge is 2.19. The normalized spacial score (nSPS) is 14.8. The largest absolute Gasteiger partial charge is 0.294 e. The van der Waals surface area contributed by atoms with Crippen molar-refractivity contribution in [2.45, 2.75) is 13.3 Å². The van der Waals surface area contributed by atoms with Gasteiger partial charge in [0.15, 0.2) is 5.78 Å². The van der Waals surface area contributed by atoms with E-state index in [0.29, 0.717) is 6.42 Å². The van der Waals surface area contributed by atoms with Crippen molar-refractivity contribution in [3.8, 4) is 0 Å². The van der Waals surface area contributed by atoms with E-state index >= 15 is 0 Å². The molecule has 1 aromatic carbocycles. The van der Waals surface area contributed by atoms with Crippen molar-refractivity contribution in [2.24, 2.45) is 0 Å². The lowest BCUT2D eigenvalue weighted by Gasteiger charge is -2.14. The van der Waals surface area contributed by atoms with Gasteiger partial charge < -0.3 is 0 Å². The number of hydrogen-bond acceptors (Lipinski definition) is 2. The number of nitrogens with zero attached hydrogens (tertiary/aromatic N) is 1. The Hall–Kier alpha value is -1.96. The number of rotatable bonds is 0. The van der Waals surface area contributed by atoms with Gasteiger partial charge in [0.2, 0.25) is 0 Å². The van der Waals surface area contributed by atoms with E-state index in [-0.39, 0.29) is 5.78 Å². The molecule has 1 heterocycles. The summed E-state index contributed by atoms with van der Waals surface area (Å²) in [7, 11) is 0. The maximum absolute atomic E-state index is 12.0. The van der Waals surface area contributed by atoms with Gasteiger partial charge in [-0.2, -0.15) is 0 Å². The zero-order valence-electron chi connectivity index (χ0n) is 9.03. The third-order valence-corrected chi connectivity index (χ3v) is 2.93. The summed E-state index contributed by atoms with van der Waals surface area (Å²) in [6, 6.07) is 7.90. The minimum absolute atomic E-state index is 0.180. The van der Waals surface area contributed by atoms with Crippen molar-refractivity contribution in [1.29, 1.82) is 0 Å². The molecule has 0 bridgehead atoms. The van der Waals surface area contributed by atoms with Crippen LogP contribution in [0.1, 0.15) is 29.4 Å². The second-order valence-corrected chi connectivity index (χ2v) is 4.20. The highest BCUT2D eigenvalue weighted by Crippen LogP contribution is 2.28. The molecule has 2 nitrogen and oxygen atoms in total. The molecule has 78 valence electrons. The van der Waals surface area contributed by atoms with Crippen LogP contribution >= 0.6 is 0 Å². The number of hydrogen-bond donors (Lipinski definition) is 0. The van der Waals surface area contributed by atoms with Crippen LogP contribution in [0.25, 0.3) is 16.8 Å². The molecule has 0 unspecified atom stereocenters. The first-order valence-corrected chi connectivity index (χ1v) is 5.34. The third-order valence-electron chi connectivity index (χ3n) is 2.93.